The Bertz CT molecular complexity index is 485. The van der Waals surface area contributed by atoms with E-state index in [2.05, 4.69) is 4.98 Å². The predicted molar refractivity (Wildman–Crippen MR) is 75.2 cm³/mol. The summed E-state index contributed by atoms with van der Waals surface area (Å²) in [6, 6.07) is 0.198. The molecule has 1 aliphatic carbocycles. The molecule has 2 fully saturated rings. The summed E-state index contributed by atoms with van der Waals surface area (Å²) in [6.07, 6.45) is 9.30. The van der Waals surface area contributed by atoms with Gasteiger partial charge in [-0.15, -0.1) is 0 Å². The van der Waals surface area contributed by atoms with E-state index in [4.69, 9.17) is 0 Å². The third kappa shape index (κ3) is 2.35. The van der Waals surface area contributed by atoms with Crippen LogP contribution >= 0.6 is 0 Å². The standard InChI is InChI=1S/C15H23N3O2/c1-17-10-16-9-13(17)15(20)18-8-3-2-6-12(18)11-5-4-7-14(11)19/h9-12,14,19H,2-8H2,1H3. The monoisotopic (exact) mass is 277 g/mol. The van der Waals surface area contributed by atoms with Gasteiger partial charge in [-0.2, -0.15) is 0 Å². The van der Waals surface area contributed by atoms with Crippen LogP contribution < -0.4 is 0 Å². The van der Waals surface area contributed by atoms with Crippen molar-refractivity contribution in [3.05, 3.63) is 18.2 Å². The van der Waals surface area contributed by atoms with Gasteiger partial charge in [-0.1, -0.05) is 6.42 Å². The Labute approximate surface area is 119 Å². The minimum Gasteiger partial charge on any atom is -0.393 e. The van der Waals surface area contributed by atoms with Gasteiger partial charge in [0.05, 0.1) is 18.6 Å². The molecule has 20 heavy (non-hydrogen) atoms. The van der Waals surface area contributed by atoms with Crippen molar-refractivity contribution in [2.75, 3.05) is 6.54 Å². The molecule has 1 aromatic heterocycles. The predicted octanol–water partition coefficient (Wildman–Crippen LogP) is 1.58. The van der Waals surface area contributed by atoms with Crippen LogP contribution in [0.25, 0.3) is 0 Å². The molecule has 0 radical (unpaired) electrons. The number of likely N-dealkylation sites (tertiary alicyclic amines) is 1. The molecule has 5 heteroatoms. The highest BCUT2D eigenvalue weighted by Crippen LogP contribution is 2.35. The molecule has 2 heterocycles. The van der Waals surface area contributed by atoms with E-state index in [0.29, 0.717) is 5.69 Å². The second-order valence-electron chi connectivity index (χ2n) is 6.11. The number of nitrogens with zero attached hydrogens (tertiary/aromatic N) is 3. The number of aryl methyl sites for hydroxylation is 1. The number of amides is 1. The van der Waals surface area contributed by atoms with Crippen LogP contribution in [0.3, 0.4) is 0 Å². The lowest BCUT2D eigenvalue weighted by atomic mass is 9.87. The van der Waals surface area contributed by atoms with Crippen LogP contribution in [0.5, 0.6) is 0 Å². The van der Waals surface area contributed by atoms with Gasteiger partial charge in [-0.3, -0.25) is 4.79 Å². The highest BCUT2D eigenvalue weighted by atomic mass is 16.3. The van der Waals surface area contributed by atoms with Crippen LogP contribution in [-0.4, -0.2) is 44.2 Å². The summed E-state index contributed by atoms with van der Waals surface area (Å²) in [5.41, 5.74) is 0.643. The quantitative estimate of drug-likeness (QED) is 0.893. The SMILES string of the molecule is Cn1cncc1C(=O)N1CCCCC1C1CCCC1O. The van der Waals surface area contributed by atoms with Crippen molar-refractivity contribution in [2.45, 2.75) is 50.7 Å². The molecule has 1 amide bonds. The van der Waals surface area contributed by atoms with E-state index in [1.54, 1.807) is 17.1 Å². The van der Waals surface area contributed by atoms with Crippen molar-refractivity contribution in [1.29, 1.82) is 0 Å². The van der Waals surface area contributed by atoms with Crippen LogP contribution in [-0.2, 0) is 7.05 Å². The molecule has 1 saturated carbocycles. The molecule has 0 aromatic carbocycles. The number of aliphatic hydroxyl groups is 1. The van der Waals surface area contributed by atoms with E-state index < -0.39 is 0 Å². The molecule has 3 atom stereocenters. The smallest absolute Gasteiger partial charge is 0.272 e. The van der Waals surface area contributed by atoms with Gasteiger partial charge < -0.3 is 14.6 Å². The van der Waals surface area contributed by atoms with E-state index in [1.807, 2.05) is 11.9 Å². The van der Waals surface area contributed by atoms with E-state index >= 15 is 0 Å². The Kier molecular flexibility index (Phi) is 3.78. The molecule has 3 unspecified atom stereocenters. The fourth-order valence-electron chi connectivity index (χ4n) is 3.78. The molecule has 1 aromatic rings. The fourth-order valence-corrected chi connectivity index (χ4v) is 3.78. The van der Waals surface area contributed by atoms with Crippen molar-refractivity contribution < 1.29 is 9.90 Å². The lowest BCUT2D eigenvalue weighted by Crippen LogP contribution is -2.49. The number of carbonyl (C=O) groups excluding carboxylic acids is 1. The zero-order chi connectivity index (χ0) is 14.1. The maximum Gasteiger partial charge on any atom is 0.272 e. The molecule has 1 N–H and O–H groups in total. The van der Waals surface area contributed by atoms with E-state index in [-0.39, 0.29) is 24.0 Å². The first kappa shape index (κ1) is 13.6. The maximum atomic E-state index is 12.7. The minimum atomic E-state index is -0.236. The third-order valence-electron chi connectivity index (χ3n) is 4.87. The van der Waals surface area contributed by atoms with Crippen LogP contribution in [0.2, 0.25) is 0 Å². The third-order valence-corrected chi connectivity index (χ3v) is 4.87. The number of hydrogen-bond donors (Lipinski definition) is 1. The zero-order valence-corrected chi connectivity index (χ0v) is 12.0. The van der Waals surface area contributed by atoms with Gasteiger partial charge in [-0.25, -0.2) is 4.98 Å². The fraction of sp³-hybridized carbons (Fsp3) is 0.733. The van der Waals surface area contributed by atoms with Crippen LogP contribution in [0.4, 0.5) is 0 Å². The molecule has 5 nitrogen and oxygen atoms in total. The zero-order valence-electron chi connectivity index (χ0n) is 12.0. The van der Waals surface area contributed by atoms with Crippen molar-refractivity contribution >= 4 is 5.91 Å². The lowest BCUT2D eigenvalue weighted by molar-refractivity contribution is 0.0281. The highest BCUT2D eigenvalue weighted by Gasteiger charge is 2.39. The van der Waals surface area contributed by atoms with Crippen molar-refractivity contribution in [1.82, 2.24) is 14.5 Å². The Hall–Kier alpha value is -1.36. The van der Waals surface area contributed by atoms with Gasteiger partial charge in [0, 0.05) is 25.6 Å². The van der Waals surface area contributed by atoms with Crippen molar-refractivity contribution in [2.24, 2.45) is 13.0 Å². The summed E-state index contributed by atoms with van der Waals surface area (Å²) in [7, 11) is 1.85. The average Bonchev–Trinajstić information content (AvgIpc) is 3.06. The van der Waals surface area contributed by atoms with E-state index in [9.17, 15) is 9.90 Å². The van der Waals surface area contributed by atoms with Gasteiger partial charge in [0.2, 0.25) is 0 Å². The average molecular weight is 277 g/mol. The first-order valence-electron chi connectivity index (χ1n) is 7.64. The number of imidazole rings is 1. The summed E-state index contributed by atoms with van der Waals surface area (Å²) in [6.45, 7) is 0.803. The number of hydrogen-bond acceptors (Lipinski definition) is 3. The molecular formula is C15H23N3O2. The Morgan fingerprint density at radius 1 is 1.30 bits per heavy atom. The highest BCUT2D eigenvalue weighted by molar-refractivity contribution is 5.92. The molecule has 110 valence electrons. The van der Waals surface area contributed by atoms with Crippen molar-refractivity contribution in [3.8, 4) is 0 Å². The van der Waals surface area contributed by atoms with Crippen molar-refractivity contribution in [3.63, 3.8) is 0 Å². The van der Waals surface area contributed by atoms with E-state index in [0.717, 1.165) is 45.1 Å². The molecule has 1 aliphatic heterocycles. The Balaban J connectivity index is 1.82. The van der Waals surface area contributed by atoms with Crippen LogP contribution in [0.15, 0.2) is 12.5 Å². The van der Waals surface area contributed by atoms with Gasteiger partial charge in [0.15, 0.2) is 0 Å². The molecule has 0 bridgehead atoms. The summed E-state index contributed by atoms with van der Waals surface area (Å²) in [4.78, 5) is 18.8. The number of aromatic nitrogens is 2. The topological polar surface area (TPSA) is 58.4 Å². The van der Waals surface area contributed by atoms with Crippen LogP contribution in [0.1, 0.15) is 49.0 Å². The number of rotatable bonds is 2. The number of aliphatic hydroxyl groups excluding tert-OH is 1. The van der Waals surface area contributed by atoms with Gasteiger partial charge in [-0.05, 0) is 32.1 Å². The molecule has 2 aliphatic rings. The largest absolute Gasteiger partial charge is 0.393 e. The van der Waals surface area contributed by atoms with Crippen LogP contribution in [0, 0.1) is 5.92 Å². The Morgan fingerprint density at radius 3 is 2.80 bits per heavy atom. The Morgan fingerprint density at radius 2 is 2.15 bits per heavy atom. The molecule has 0 spiro atoms. The summed E-state index contributed by atoms with van der Waals surface area (Å²) < 4.78 is 1.78. The first-order chi connectivity index (χ1) is 9.68. The maximum absolute atomic E-state index is 12.7. The second-order valence-corrected chi connectivity index (χ2v) is 6.11. The van der Waals surface area contributed by atoms with Gasteiger partial charge in [0.25, 0.3) is 5.91 Å². The summed E-state index contributed by atoms with van der Waals surface area (Å²) in [5.74, 6) is 0.321. The molecular weight excluding hydrogens is 254 g/mol. The lowest BCUT2D eigenvalue weighted by Gasteiger charge is -2.40. The first-order valence-corrected chi connectivity index (χ1v) is 7.64. The van der Waals surface area contributed by atoms with E-state index in [1.165, 1.54) is 0 Å². The second kappa shape index (κ2) is 5.56. The molecule has 1 saturated heterocycles. The molecule has 3 rings (SSSR count). The summed E-state index contributed by atoms with van der Waals surface area (Å²) >= 11 is 0. The summed E-state index contributed by atoms with van der Waals surface area (Å²) in [5, 5.41) is 10.2. The van der Waals surface area contributed by atoms with Gasteiger partial charge >= 0.3 is 0 Å². The number of piperidine rings is 1. The number of carbonyl (C=O) groups is 1. The normalized spacial score (nSPS) is 30.7. The van der Waals surface area contributed by atoms with Gasteiger partial charge in [0.1, 0.15) is 5.69 Å². The minimum absolute atomic E-state index is 0.0637.